The van der Waals surface area contributed by atoms with Gasteiger partial charge >= 0.3 is 6.61 Å². The minimum atomic E-state index is -2.81. The van der Waals surface area contributed by atoms with Gasteiger partial charge in [-0.25, -0.2) is 0 Å². The number of halogens is 3. The average molecular weight is 263 g/mol. The van der Waals surface area contributed by atoms with Crippen LogP contribution < -0.4 is 4.74 Å². The molecule has 0 unspecified atom stereocenters. The minimum absolute atomic E-state index is 0.120. The molecule has 0 amide bonds. The summed E-state index contributed by atoms with van der Waals surface area (Å²) in [5, 5.41) is 7.32. The maximum Gasteiger partial charge on any atom is 0.387 e. The lowest BCUT2D eigenvalue weighted by molar-refractivity contribution is -0.0497. The van der Waals surface area contributed by atoms with E-state index >= 15 is 0 Å². The normalized spacial score (nSPS) is 11.1. The predicted octanol–water partition coefficient (Wildman–Crippen LogP) is 2.93. The van der Waals surface area contributed by atoms with Crippen LogP contribution in [0.4, 0.5) is 8.78 Å². The number of rotatable bonds is 2. The second-order valence-electron chi connectivity index (χ2n) is 2.60. The fraction of sp³-hybridized carbons (Fsp3) is 0.125. The Morgan fingerprint density at radius 2 is 2.21 bits per heavy atom. The van der Waals surface area contributed by atoms with Crippen LogP contribution in [0.5, 0.6) is 5.75 Å². The molecule has 1 heterocycles. The molecule has 0 atom stereocenters. The summed E-state index contributed by atoms with van der Waals surface area (Å²) >= 11 is 3.21. The molecule has 1 N–H and O–H groups in total. The smallest absolute Gasteiger partial charge is 0.387 e. The van der Waals surface area contributed by atoms with Crippen LogP contribution in [0.15, 0.2) is 22.8 Å². The van der Waals surface area contributed by atoms with Gasteiger partial charge in [-0.2, -0.15) is 13.9 Å². The highest BCUT2D eigenvalue weighted by Crippen LogP contribution is 2.25. The van der Waals surface area contributed by atoms with Gasteiger partial charge in [-0.3, -0.25) is 5.10 Å². The summed E-state index contributed by atoms with van der Waals surface area (Å²) in [5.74, 6) is 0.120. The quantitative estimate of drug-likeness (QED) is 0.904. The molecule has 0 fully saturated rings. The number of hydrogen-bond acceptors (Lipinski definition) is 2. The van der Waals surface area contributed by atoms with Crippen molar-refractivity contribution >= 4 is 26.8 Å². The summed E-state index contributed by atoms with van der Waals surface area (Å²) < 4.78 is 28.7. The highest BCUT2D eigenvalue weighted by molar-refractivity contribution is 9.10. The second kappa shape index (κ2) is 3.53. The van der Waals surface area contributed by atoms with Crippen molar-refractivity contribution in [1.29, 1.82) is 0 Å². The molecule has 6 heteroatoms. The number of ether oxygens (including phenoxy) is 1. The van der Waals surface area contributed by atoms with Crippen molar-refractivity contribution in [2.24, 2.45) is 0 Å². The molecule has 1 aromatic carbocycles. The number of benzene rings is 1. The number of hydrogen-bond donors (Lipinski definition) is 1. The first-order valence-electron chi connectivity index (χ1n) is 3.75. The molecule has 0 aliphatic rings. The van der Waals surface area contributed by atoms with E-state index in [1.54, 1.807) is 6.07 Å². The first-order chi connectivity index (χ1) is 6.66. The second-order valence-corrected chi connectivity index (χ2v) is 3.39. The fourth-order valence-electron chi connectivity index (χ4n) is 1.13. The van der Waals surface area contributed by atoms with Gasteiger partial charge in [0, 0.05) is 5.39 Å². The summed E-state index contributed by atoms with van der Waals surface area (Å²) in [6.45, 7) is -2.81. The van der Waals surface area contributed by atoms with E-state index in [4.69, 9.17) is 0 Å². The SMILES string of the molecule is FC(F)Oc1ccc2n[nH]c(Br)c2c1. The van der Waals surface area contributed by atoms with E-state index < -0.39 is 6.61 Å². The third kappa shape index (κ3) is 1.70. The Labute approximate surface area is 86.2 Å². The Morgan fingerprint density at radius 1 is 1.43 bits per heavy atom. The van der Waals surface area contributed by atoms with E-state index in [2.05, 4.69) is 30.9 Å². The Bertz CT molecular complexity index is 458. The Hall–Kier alpha value is -1.17. The number of nitrogens with zero attached hydrogens (tertiary/aromatic N) is 1. The monoisotopic (exact) mass is 262 g/mol. The third-order valence-corrected chi connectivity index (χ3v) is 2.31. The molecule has 14 heavy (non-hydrogen) atoms. The Morgan fingerprint density at radius 3 is 2.93 bits per heavy atom. The van der Waals surface area contributed by atoms with Crippen LogP contribution in [-0.2, 0) is 0 Å². The van der Waals surface area contributed by atoms with Crippen molar-refractivity contribution in [2.75, 3.05) is 0 Å². The van der Waals surface area contributed by atoms with Gasteiger partial charge in [-0.1, -0.05) is 0 Å². The lowest BCUT2D eigenvalue weighted by atomic mass is 10.2. The molecule has 0 aliphatic heterocycles. The van der Waals surface area contributed by atoms with E-state index in [1.807, 2.05) is 0 Å². The first-order valence-corrected chi connectivity index (χ1v) is 4.54. The number of aromatic nitrogens is 2. The predicted molar refractivity (Wildman–Crippen MR) is 50.4 cm³/mol. The van der Waals surface area contributed by atoms with E-state index in [1.165, 1.54) is 12.1 Å². The molecule has 2 rings (SSSR count). The summed E-state index contributed by atoms with van der Waals surface area (Å²) in [5.41, 5.74) is 0.693. The highest BCUT2D eigenvalue weighted by atomic mass is 79.9. The molecule has 3 nitrogen and oxygen atoms in total. The number of fused-ring (bicyclic) bond motifs is 1. The highest BCUT2D eigenvalue weighted by Gasteiger charge is 2.07. The van der Waals surface area contributed by atoms with Crippen LogP contribution in [0, 0.1) is 0 Å². The molecule has 0 bridgehead atoms. The summed E-state index contributed by atoms with van der Waals surface area (Å²) in [4.78, 5) is 0. The molecular weight excluding hydrogens is 258 g/mol. The molecule has 0 aliphatic carbocycles. The van der Waals surface area contributed by atoms with Crippen molar-refractivity contribution in [3.8, 4) is 5.75 Å². The maximum atomic E-state index is 11.9. The Kier molecular flexibility index (Phi) is 2.37. The zero-order valence-corrected chi connectivity index (χ0v) is 8.38. The molecule has 0 radical (unpaired) electrons. The van der Waals surface area contributed by atoms with E-state index in [-0.39, 0.29) is 5.75 Å². The van der Waals surface area contributed by atoms with Gasteiger partial charge in [-0.15, -0.1) is 0 Å². The standard InChI is InChI=1S/C8H5BrF2N2O/c9-7-5-3-4(14-8(10)11)1-2-6(5)12-13-7/h1-3,8H,(H,12,13). The summed E-state index contributed by atoms with van der Waals surface area (Å²) in [7, 11) is 0. The number of H-pyrrole nitrogens is 1. The van der Waals surface area contributed by atoms with E-state index in [0.29, 0.717) is 15.5 Å². The maximum absolute atomic E-state index is 11.9. The average Bonchev–Trinajstić information content (AvgIpc) is 2.47. The van der Waals surface area contributed by atoms with Crippen molar-refractivity contribution in [3.05, 3.63) is 22.8 Å². The first kappa shape index (κ1) is 9.39. The molecule has 2 aromatic rings. The zero-order valence-electron chi connectivity index (χ0n) is 6.80. The lowest BCUT2D eigenvalue weighted by Gasteiger charge is -2.03. The number of alkyl halides is 2. The summed E-state index contributed by atoms with van der Waals surface area (Å²) in [6.07, 6.45) is 0. The van der Waals surface area contributed by atoms with Crippen LogP contribution in [-0.4, -0.2) is 16.8 Å². The molecule has 0 saturated heterocycles. The molecule has 74 valence electrons. The van der Waals surface area contributed by atoms with Gasteiger partial charge in [0.1, 0.15) is 10.4 Å². The van der Waals surface area contributed by atoms with Gasteiger partial charge < -0.3 is 4.74 Å². The van der Waals surface area contributed by atoms with Gasteiger partial charge in [0.05, 0.1) is 5.52 Å². The largest absolute Gasteiger partial charge is 0.435 e. The zero-order chi connectivity index (χ0) is 10.1. The Balaban J connectivity index is 2.44. The van der Waals surface area contributed by atoms with Crippen molar-refractivity contribution < 1.29 is 13.5 Å². The summed E-state index contributed by atoms with van der Waals surface area (Å²) in [6, 6.07) is 4.55. The van der Waals surface area contributed by atoms with Gasteiger partial charge in [0.2, 0.25) is 0 Å². The number of aromatic amines is 1. The van der Waals surface area contributed by atoms with Crippen LogP contribution in [0.1, 0.15) is 0 Å². The van der Waals surface area contributed by atoms with Crippen molar-refractivity contribution in [1.82, 2.24) is 10.2 Å². The van der Waals surface area contributed by atoms with Crippen LogP contribution in [0.2, 0.25) is 0 Å². The minimum Gasteiger partial charge on any atom is -0.435 e. The van der Waals surface area contributed by atoms with Crippen molar-refractivity contribution in [2.45, 2.75) is 6.61 Å². The van der Waals surface area contributed by atoms with E-state index in [0.717, 1.165) is 0 Å². The van der Waals surface area contributed by atoms with Crippen LogP contribution >= 0.6 is 15.9 Å². The van der Waals surface area contributed by atoms with Gasteiger partial charge in [0.15, 0.2) is 0 Å². The van der Waals surface area contributed by atoms with E-state index in [9.17, 15) is 8.78 Å². The molecule has 0 saturated carbocycles. The van der Waals surface area contributed by atoms with Gasteiger partial charge in [0.25, 0.3) is 0 Å². The molecule has 0 spiro atoms. The van der Waals surface area contributed by atoms with Crippen LogP contribution in [0.25, 0.3) is 10.9 Å². The third-order valence-electron chi connectivity index (χ3n) is 1.70. The van der Waals surface area contributed by atoms with Crippen LogP contribution in [0.3, 0.4) is 0 Å². The lowest BCUT2D eigenvalue weighted by Crippen LogP contribution is -2.01. The number of nitrogens with one attached hydrogen (secondary N) is 1. The van der Waals surface area contributed by atoms with Crippen molar-refractivity contribution in [3.63, 3.8) is 0 Å². The fourth-order valence-corrected chi connectivity index (χ4v) is 1.54. The van der Waals surface area contributed by atoms with Gasteiger partial charge in [-0.05, 0) is 34.1 Å². The topological polar surface area (TPSA) is 37.9 Å². The molecule has 1 aromatic heterocycles. The molecular formula is C8H5BrF2N2O.